The van der Waals surface area contributed by atoms with Gasteiger partial charge in [0, 0.05) is 18.7 Å². The highest BCUT2D eigenvalue weighted by atomic mass is 32.2. The number of ether oxygens (including phenoxy) is 1. The number of carbonyl (C=O) groups is 1. The maximum atomic E-state index is 13.2. The van der Waals surface area contributed by atoms with Crippen LogP contribution in [-0.2, 0) is 26.0 Å². The summed E-state index contributed by atoms with van der Waals surface area (Å²) in [6.07, 6.45) is 6.10. The lowest BCUT2D eigenvalue weighted by molar-refractivity contribution is -0.134. The first-order valence-corrected chi connectivity index (χ1v) is 13.6. The van der Waals surface area contributed by atoms with Gasteiger partial charge in [-0.3, -0.25) is 4.90 Å². The van der Waals surface area contributed by atoms with Crippen LogP contribution in [0.1, 0.15) is 52.5 Å². The summed E-state index contributed by atoms with van der Waals surface area (Å²) in [6, 6.07) is 15.4. The van der Waals surface area contributed by atoms with Gasteiger partial charge in [-0.05, 0) is 81.5 Å². The summed E-state index contributed by atoms with van der Waals surface area (Å²) in [5, 5.41) is 4.42. The van der Waals surface area contributed by atoms with Crippen LogP contribution in [0.4, 0.5) is 0 Å². The number of carbonyl (C=O) groups excluding carboxylic acids is 1. The summed E-state index contributed by atoms with van der Waals surface area (Å²) in [6.45, 7) is 7.48. The number of nitrogens with zero attached hydrogens (tertiary/aromatic N) is 3. The lowest BCUT2D eigenvalue weighted by Crippen LogP contribution is -2.26. The zero-order valence-corrected chi connectivity index (χ0v) is 22.1. The number of hydrogen-bond acceptors (Lipinski definition) is 6. The predicted molar refractivity (Wildman–Crippen MR) is 140 cm³/mol. The second kappa shape index (κ2) is 10.8. The van der Waals surface area contributed by atoms with Crippen molar-refractivity contribution >= 4 is 22.1 Å². The lowest BCUT2D eigenvalue weighted by atomic mass is 10.0. The van der Waals surface area contributed by atoms with Gasteiger partial charge >= 0.3 is 5.97 Å². The molecule has 0 aliphatic carbocycles. The average Bonchev–Trinajstić information content (AvgIpc) is 3.45. The predicted octanol–water partition coefficient (Wildman–Crippen LogP) is 4.61. The number of rotatable bonds is 8. The molecule has 190 valence electrons. The van der Waals surface area contributed by atoms with E-state index in [0.717, 1.165) is 54.7 Å². The van der Waals surface area contributed by atoms with E-state index in [2.05, 4.69) is 26.9 Å². The van der Waals surface area contributed by atoms with Gasteiger partial charge < -0.3 is 4.74 Å². The van der Waals surface area contributed by atoms with Crippen molar-refractivity contribution in [3.63, 3.8) is 0 Å². The fourth-order valence-corrected chi connectivity index (χ4v) is 6.22. The van der Waals surface area contributed by atoms with Gasteiger partial charge in [-0.1, -0.05) is 42.0 Å². The third-order valence-electron chi connectivity index (χ3n) is 6.89. The molecule has 0 amide bonds. The van der Waals surface area contributed by atoms with Gasteiger partial charge in [0.2, 0.25) is 0 Å². The number of likely N-dealkylation sites (tertiary alicyclic amines) is 1. The monoisotopic (exact) mass is 507 g/mol. The topological polar surface area (TPSA) is 81.5 Å². The first-order valence-electron chi connectivity index (χ1n) is 12.2. The van der Waals surface area contributed by atoms with E-state index in [9.17, 15) is 13.2 Å². The Hall–Kier alpha value is -3.23. The van der Waals surface area contributed by atoms with Crippen molar-refractivity contribution in [1.29, 1.82) is 0 Å². The molecule has 36 heavy (non-hydrogen) atoms. The number of aromatic nitrogens is 2. The molecule has 0 spiro atoms. The van der Waals surface area contributed by atoms with Crippen molar-refractivity contribution in [1.82, 2.24) is 14.1 Å². The van der Waals surface area contributed by atoms with Gasteiger partial charge in [-0.15, -0.1) is 0 Å². The normalized spacial score (nSPS) is 16.6. The molecular weight excluding hydrogens is 474 g/mol. The molecular formula is C28H33N3O4S. The van der Waals surface area contributed by atoms with Gasteiger partial charge in [-0.2, -0.15) is 17.6 Å². The van der Waals surface area contributed by atoms with Crippen molar-refractivity contribution in [2.24, 2.45) is 0 Å². The first-order chi connectivity index (χ1) is 17.2. The van der Waals surface area contributed by atoms with Crippen LogP contribution in [0.15, 0.2) is 59.5 Å². The highest BCUT2D eigenvalue weighted by molar-refractivity contribution is 7.89. The molecule has 1 atom stereocenters. The first kappa shape index (κ1) is 25.9. The molecule has 2 heterocycles. The van der Waals surface area contributed by atoms with Crippen LogP contribution in [-0.4, -0.2) is 48.7 Å². The third-order valence-corrected chi connectivity index (χ3v) is 8.57. The molecule has 0 radical (unpaired) electrons. The van der Waals surface area contributed by atoms with E-state index in [1.54, 1.807) is 30.3 Å². The van der Waals surface area contributed by atoms with E-state index in [0.29, 0.717) is 11.7 Å². The highest BCUT2D eigenvalue weighted by Gasteiger charge is 2.28. The molecule has 1 aromatic heterocycles. The van der Waals surface area contributed by atoms with E-state index in [-0.39, 0.29) is 10.9 Å². The second-order valence-corrected chi connectivity index (χ2v) is 11.0. The quantitative estimate of drug-likeness (QED) is 0.327. The molecule has 3 aromatic rings. The molecule has 1 aliphatic rings. The highest BCUT2D eigenvalue weighted by Crippen LogP contribution is 2.32. The maximum absolute atomic E-state index is 13.2. The Morgan fingerprint density at radius 2 is 1.78 bits per heavy atom. The number of methoxy groups -OCH3 is 1. The number of benzene rings is 2. The van der Waals surface area contributed by atoms with Crippen molar-refractivity contribution < 1.29 is 17.9 Å². The Morgan fingerprint density at radius 1 is 1.08 bits per heavy atom. The summed E-state index contributed by atoms with van der Waals surface area (Å²) in [5.41, 5.74) is 5.61. The van der Waals surface area contributed by atoms with E-state index in [4.69, 9.17) is 0 Å². The molecule has 1 unspecified atom stereocenters. The molecule has 2 aromatic carbocycles. The fraction of sp³-hybridized carbons (Fsp3) is 0.357. The number of esters is 1. The van der Waals surface area contributed by atoms with Crippen molar-refractivity contribution in [3.05, 3.63) is 88.2 Å². The average molecular weight is 508 g/mol. The molecule has 0 saturated carbocycles. The second-order valence-electron chi connectivity index (χ2n) is 9.28. The van der Waals surface area contributed by atoms with E-state index in [1.807, 2.05) is 32.9 Å². The van der Waals surface area contributed by atoms with E-state index in [1.165, 1.54) is 22.8 Å². The Morgan fingerprint density at radius 3 is 2.44 bits per heavy atom. The van der Waals surface area contributed by atoms with Crippen molar-refractivity contribution in [2.45, 2.75) is 51.0 Å². The summed E-state index contributed by atoms with van der Waals surface area (Å²) >= 11 is 0. The largest absolute Gasteiger partial charge is 0.466 e. The van der Waals surface area contributed by atoms with Crippen LogP contribution in [0, 0.1) is 20.8 Å². The summed E-state index contributed by atoms with van der Waals surface area (Å²) in [5.74, 6) is -0.374. The van der Waals surface area contributed by atoms with Crippen LogP contribution in [0.25, 0.3) is 6.08 Å². The maximum Gasteiger partial charge on any atom is 0.330 e. The summed E-state index contributed by atoms with van der Waals surface area (Å²) < 4.78 is 32.3. The van der Waals surface area contributed by atoms with Gasteiger partial charge in [0.05, 0.1) is 23.4 Å². The molecule has 1 saturated heterocycles. The van der Waals surface area contributed by atoms with Crippen LogP contribution in [0.2, 0.25) is 0 Å². The van der Waals surface area contributed by atoms with Crippen molar-refractivity contribution in [3.8, 4) is 0 Å². The molecule has 8 heteroatoms. The van der Waals surface area contributed by atoms with Gasteiger partial charge in [-0.25, -0.2) is 4.79 Å². The van der Waals surface area contributed by atoms with Gasteiger partial charge in [0.1, 0.15) is 0 Å². The lowest BCUT2D eigenvalue weighted by Gasteiger charge is -2.25. The molecule has 0 bridgehead atoms. The molecule has 7 nitrogen and oxygen atoms in total. The zero-order valence-electron chi connectivity index (χ0n) is 21.3. The molecule has 0 N–H and O–H groups in total. The van der Waals surface area contributed by atoms with E-state index >= 15 is 0 Å². The molecule has 4 rings (SSSR count). The smallest absolute Gasteiger partial charge is 0.330 e. The summed E-state index contributed by atoms with van der Waals surface area (Å²) in [7, 11) is -2.38. The SMILES string of the molecule is COC(=O)C=Cc1ccc(C2CCCN2CCc2c(C)nn(S(=O)(=O)c3ccc(C)cc3)c2C)cc1. The Bertz CT molecular complexity index is 1360. The zero-order chi connectivity index (χ0) is 25.9. The minimum absolute atomic E-state index is 0.245. The Labute approximate surface area is 213 Å². The van der Waals surface area contributed by atoms with Crippen molar-refractivity contribution in [2.75, 3.05) is 20.2 Å². The standard InChI is InChI=1S/C28H33N3O4S/c1-20-7-14-25(15-8-20)36(33,34)31-22(3)26(21(2)29-31)17-19-30-18-5-6-27(30)24-12-9-23(10-13-24)11-16-28(32)35-4/h7-16,27H,5-6,17-19H2,1-4H3. The van der Waals surface area contributed by atoms with Gasteiger partial charge in [0.15, 0.2) is 0 Å². The fourth-order valence-electron chi connectivity index (χ4n) is 4.84. The van der Waals surface area contributed by atoms with Crippen LogP contribution < -0.4 is 0 Å². The minimum atomic E-state index is -3.74. The van der Waals surface area contributed by atoms with Gasteiger partial charge in [0.25, 0.3) is 10.0 Å². The van der Waals surface area contributed by atoms with Crippen LogP contribution >= 0.6 is 0 Å². The minimum Gasteiger partial charge on any atom is -0.466 e. The summed E-state index contributed by atoms with van der Waals surface area (Å²) in [4.78, 5) is 14.0. The Balaban J connectivity index is 1.47. The number of hydrogen-bond donors (Lipinski definition) is 0. The molecule has 1 aliphatic heterocycles. The van der Waals surface area contributed by atoms with E-state index < -0.39 is 10.0 Å². The number of aryl methyl sites for hydroxylation is 2. The molecule has 1 fully saturated rings. The Kier molecular flexibility index (Phi) is 7.76. The van der Waals surface area contributed by atoms with Crippen LogP contribution in [0.3, 0.4) is 0 Å². The third kappa shape index (κ3) is 5.44. The van der Waals surface area contributed by atoms with Crippen LogP contribution in [0.5, 0.6) is 0 Å².